The van der Waals surface area contributed by atoms with Crippen LogP contribution in [0.15, 0.2) is 23.1 Å². The summed E-state index contributed by atoms with van der Waals surface area (Å²) in [5, 5.41) is 18.8. The third-order valence-corrected chi connectivity index (χ3v) is 5.11. The van der Waals surface area contributed by atoms with Gasteiger partial charge in [0, 0.05) is 18.8 Å². The van der Waals surface area contributed by atoms with Crippen molar-refractivity contribution in [3.63, 3.8) is 0 Å². The van der Waals surface area contributed by atoms with Gasteiger partial charge in [0.25, 0.3) is 0 Å². The van der Waals surface area contributed by atoms with Crippen LogP contribution in [-0.2, 0) is 10.0 Å². The summed E-state index contributed by atoms with van der Waals surface area (Å²) in [5.74, 6) is 0. The maximum absolute atomic E-state index is 12.3. The molecule has 0 aromatic heterocycles. The zero-order chi connectivity index (χ0) is 13.5. The zero-order valence-corrected chi connectivity index (χ0v) is 10.9. The Labute approximate surface area is 110 Å². The quantitative estimate of drug-likeness (QED) is 0.646. The van der Waals surface area contributed by atoms with Crippen LogP contribution in [0, 0.1) is 0 Å². The highest BCUT2D eigenvalue weighted by Crippen LogP contribution is 2.28. The van der Waals surface area contributed by atoms with Crippen LogP contribution in [0.4, 0.5) is 5.69 Å². The van der Waals surface area contributed by atoms with Gasteiger partial charge < -0.3 is 15.9 Å². The molecule has 4 N–H and O–H groups in total. The minimum absolute atomic E-state index is 0.0556. The van der Waals surface area contributed by atoms with Crippen LogP contribution in [0.25, 0.3) is 0 Å². The molecule has 1 aromatic carbocycles. The first-order valence-electron chi connectivity index (χ1n) is 5.23. The van der Waals surface area contributed by atoms with Gasteiger partial charge in [-0.1, -0.05) is 11.6 Å². The summed E-state index contributed by atoms with van der Waals surface area (Å²) in [4.78, 5) is -0.120. The molecule has 0 amide bonds. The molecule has 2 unspecified atom stereocenters. The molecule has 6 nitrogen and oxygen atoms in total. The van der Waals surface area contributed by atoms with E-state index in [0.717, 1.165) is 4.31 Å². The van der Waals surface area contributed by atoms with Crippen LogP contribution < -0.4 is 5.73 Å². The highest BCUT2D eigenvalue weighted by Gasteiger charge is 2.38. The third-order valence-electron chi connectivity index (χ3n) is 2.80. The van der Waals surface area contributed by atoms with Crippen molar-refractivity contribution in [1.29, 1.82) is 0 Å². The largest absolute Gasteiger partial charge is 0.399 e. The number of nitrogen functional groups attached to an aromatic ring is 1. The Morgan fingerprint density at radius 3 is 2.39 bits per heavy atom. The third kappa shape index (κ3) is 2.32. The number of nitrogens with two attached hydrogens (primary N) is 1. The Morgan fingerprint density at radius 1 is 1.28 bits per heavy atom. The number of anilines is 1. The van der Waals surface area contributed by atoms with E-state index in [1.807, 2.05) is 0 Å². The molecule has 1 saturated heterocycles. The van der Waals surface area contributed by atoms with Crippen molar-refractivity contribution in [1.82, 2.24) is 4.31 Å². The number of rotatable bonds is 2. The molecule has 8 heteroatoms. The van der Waals surface area contributed by atoms with Crippen molar-refractivity contribution in [2.75, 3.05) is 18.8 Å². The van der Waals surface area contributed by atoms with Crippen molar-refractivity contribution < 1.29 is 18.6 Å². The lowest BCUT2D eigenvalue weighted by Gasteiger charge is -2.16. The predicted octanol–water partition coefficient (Wildman–Crippen LogP) is -0.352. The van der Waals surface area contributed by atoms with E-state index in [2.05, 4.69) is 0 Å². The van der Waals surface area contributed by atoms with E-state index < -0.39 is 22.2 Å². The van der Waals surface area contributed by atoms with E-state index >= 15 is 0 Å². The fraction of sp³-hybridized carbons (Fsp3) is 0.400. The molecular weight excluding hydrogens is 280 g/mol. The predicted molar refractivity (Wildman–Crippen MR) is 66.6 cm³/mol. The van der Waals surface area contributed by atoms with Gasteiger partial charge in [-0.3, -0.25) is 0 Å². The fourth-order valence-corrected chi connectivity index (χ4v) is 3.77. The van der Waals surface area contributed by atoms with Gasteiger partial charge in [0.15, 0.2) is 0 Å². The molecule has 0 saturated carbocycles. The van der Waals surface area contributed by atoms with Gasteiger partial charge in [-0.2, -0.15) is 4.31 Å². The average Bonchev–Trinajstić information content (AvgIpc) is 2.63. The summed E-state index contributed by atoms with van der Waals surface area (Å²) < 4.78 is 25.5. The maximum atomic E-state index is 12.3. The Balaban J connectivity index is 2.40. The lowest BCUT2D eigenvalue weighted by atomic mass is 10.3. The minimum Gasteiger partial charge on any atom is -0.399 e. The lowest BCUT2D eigenvalue weighted by Crippen LogP contribution is -2.30. The molecule has 1 aliphatic heterocycles. The molecule has 0 spiro atoms. The second-order valence-corrected chi connectivity index (χ2v) is 6.46. The first kappa shape index (κ1) is 13.6. The Hall–Kier alpha value is -0.860. The molecule has 1 aromatic rings. The number of sulfonamides is 1. The number of hydrogen-bond acceptors (Lipinski definition) is 5. The van der Waals surface area contributed by atoms with Crippen LogP contribution >= 0.6 is 11.6 Å². The van der Waals surface area contributed by atoms with Crippen molar-refractivity contribution in [2.45, 2.75) is 17.1 Å². The smallest absolute Gasteiger partial charge is 0.244 e. The molecule has 18 heavy (non-hydrogen) atoms. The van der Waals surface area contributed by atoms with Crippen LogP contribution in [0.2, 0.25) is 5.02 Å². The highest BCUT2D eigenvalue weighted by molar-refractivity contribution is 7.89. The molecule has 100 valence electrons. The van der Waals surface area contributed by atoms with Crippen LogP contribution in [0.1, 0.15) is 0 Å². The molecule has 2 atom stereocenters. The number of hydrogen-bond donors (Lipinski definition) is 3. The van der Waals surface area contributed by atoms with E-state index in [0.29, 0.717) is 0 Å². The summed E-state index contributed by atoms with van der Waals surface area (Å²) in [6, 6.07) is 4.15. The summed E-state index contributed by atoms with van der Waals surface area (Å²) in [7, 11) is -3.86. The normalized spacial score (nSPS) is 25.5. The van der Waals surface area contributed by atoms with Crippen LogP contribution in [-0.4, -0.2) is 48.2 Å². The minimum atomic E-state index is -3.86. The van der Waals surface area contributed by atoms with E-state index in [9.17, 15) is 18.6 Å². The first-order chi connectivity index (χ1) is 8.32. The Kier molecular flexibility index (Phi) is 3.52. The van der Waals surface area contributed by atoms with Crippen molar-refractivity contribution in [2.24, 2.45) is 0 Å². The number of benzene rings is 1. The number of aliphatic hydroxyl groups excluding tert-OH is 2. The van der Waals surface area contributed by atoms with E-state index in [4.69, 9.17) is 17.3 Å². The van der Waals surface area contributed by atoms with Crippen molar-refractivity contribution in [3.8, 4) is 0 Å². The molecule has 0 radical (unpaired) electrons. The van der Waals surface area contributed by atoms with Crippen LogP contribution in [0.3, 0.4) is 0 Å². The van der Waals surface area contributed by atoms with Gasteiger partial charge in [0.2, 0.25) is 10.0 Å². The molecule has 1 fully saturated rings. The molecular formula is C10H13ClN2O4S. The Bertz CT molecular complexity index is 553. The topological polar surface area (TPSA) is 104 Å². The van der Waals surface area contributed by atoms with Gasteiger partial charge in [0.05, 0.1) is 17.2 Å². The van der Waals surface area contributed by atoms with Crippen molar-refractivity contribution >= 4 is 27.3 Å². The summed E-state index contributed by atoms with van der Waals surface area (Å²) in [5.41, 5.74) is 5.81. The summed E-state index contributed by atoms with van der Waals surface area (Å²) >= 11 is 5.85. The number of aliphatic hydroxyl groups is 2. The van der Waals surface area contributed by atoms with E-state index in [1.54, 1.807) is 0 Å². The Morgan fingerprint density at radius 2 is 1.83 bits per heavy atom. The number of nitrogens with zero attached hydrogens (tertiary/aromatic N) is 1. The second kappa shape index (κ2) is 4.67. The van der Waals surface area contributed by atoms with Gasteiger partial charge in [0.1, 0.15) is 4.90 Å². The molecule has 0 aliphatic carbocycles. The highest BCUT2D eigenvalue weighted by atomic mass is 35.5. The fourth-order valence-electron chi connectivity index (χ4n) is 1.79. The SMILES string of the molecule is Nc1ccc(Cl)c(S(=O)(=O)N2CC(O)C(O)C2)c1. The number of halogens is 1. The van der Waals surface area contributed by atoms with Gasteiger partial charge in [-0.25, -0.2) is 8.42 Å². The monoisotopic (exact) mass is 292 g/mol. The van der Waals surface area contributed by atoms with Crippen molar-refractivity contribution in [3.05, 3.63) is 23.2 Å². The summed E-state index contributed by atoms with van der Waals surface area (Å²) in [6.45, 7) is -0.316. The molecule has 1 heterocycles. The maximum Gasteiger partial charge on any atom is 0.244 e. The number of β-amino-alcohol motifs (C(OH)–C–C–N with tert-alkyl or cyclic N) is 2. The summed E-state index contributed by atoms with van der Waals surface area (Å²) in [6.07, 6.45) is -2.17. The van der Waals surface area contributed by atoms with E-state index in [-0.39, 0.29) is 28.7 Å². The zero-order valence-electron chi connectivity index (χ0n) is 9.32. The van der Waals surface area contributed by atoms with E-state index in [1.165, 1.54) is 18.2 Å². The van der Waals surface area contributed by atoms with Gasteiger partial charge in [-0.15, -0.1) is 0 Å². The lowest BCUT2D eigenvalue weighted by molar-refractivity contribution is 0.0572. The molecule has 0 bridgehead atoms. The van der Waals surface area contributed by atoms with Gasteiger partial charge in [-0.05, 0) is 18.2 Å². The average molecular weight is 293 g/mol. The van der Waals surface area contributed by atoms with Gasteiger partial charge >= 0.3 is 0 Å². The molecule has 1 aliphatic rings. The first-order valence-corrected chi connectivity index (χ1v) is 7.05. The standard InChI is InChI=1S/C10H13ClN2O4S/c11-7-2-1-6(12)3-10(7)18(16,17)13-4-8(14)9(15)5-13/h1-3,8-9,14-15H,4-5,12H2. The van der Waals surface area contributed by atoms with Crippen LogP contribution in [0.5, 0.6) is 0 Å². The second-order valence-electron chi connectivity index (χ2n) is 4.15. The molecule has 2 rings (SSSR count).